The minimum atomic E-state index is 0.102. The Morgan fingerprint density at radius 1 is 1.33 bits per heavy atom. The number of nitrogens with zero attached hydrogens (tertiary/aromatic N) is 4. The molecule has 1 saturated heterocycles. The van der Waals surface area contributed by atoms with Gasteiger partial charge in [0.25, 0.3) is 0 Å². The van der Waals surface area contributed by atoms with Crippen molar-refractivity contribution in [1.29, 1.82) is 0 Å². The number of anilines is 2. The van der Waals surface area contributed by atoms with Crippen LogP contribution in [0.4, 0.5) is 11.5 Å². The highest BCUT2D eigenvalue weighted by Crippen LogP contribution is 2.26. The highest BCUT2D eigenvalue weighted by molar-refractivity contribution is 6.32. The molecule has 0 radical (unpaired) electrons. The maximum absolute atomic E-state index is 11.4. The van der Waals surface area contributed by atoms with Crippen LogP contribution in [0, 0.1) is 0 Å². The van der Waals surface area contributed by atoms with E-state index in [1.54, 1.807) is 6.92 Å². The summed E-state index contributed by atoms with van der Waals surface area (Å²) in [4.78, 5) is 23.2. The molecular formula is C11H16ClN5O. The molecule has 1 fully saturated rings. The normalized spacial score (nSPS) is 16.6. The highest BCUT2D eigenvalue weighted by atomic mass is 35.5. The van der Waals surface area contributed by atoms with E-state index in [1.807, 2.05) is 9.80 Å². The van der Waals surface area contributed by atoms with Crippen LogP contribution in [0.1, 0.15) is 13.3 Å². The average molecular weight is 270 g/mol. The fourth-order valence-electron chi connectivity index (χ4n) is 2.06. The maximum atomic E-state index is 11.4. The van der Waals surface area contributed by atoms with Crippen molar-refractivity contribution >= 4 is 29.0 Å². The zero-order valence-corrected chi connectivity index (χ0v) is 11.0. The lowest BCUT2D eigenvalue weighted by Gasteiger charge is -2.23. The predicted molar refractivity (Wildman–Crippen MR) is 70.5 cm³/mol. The zero-order valence-electron chi connectivity index (χ0n) is 10.3. The Morgan fingerprint density at radius 3 is 2.83 bits per heavy atom. The summed E-state index contributed by atoms with van der Waals surface area (Å²) < 4.78 is 0. The standard InChI is InChI=1S/C11H16ClN5O/c1-8(18)16-3-2-4-17(6-5-16)11-9(13)10(12)14-7-15-11/h7H,2-6,13H2,1H3. The van der Waals surface area contributed by atoms with E-state index < -0.39 is 0 Å². The second-order valence-electron chi connectivity index (χ2n) is 4.25. The second-order valence-corrected chi connectivity index (χ2v) is 4.61. The molecule has 0 unspecified atom stereocenters. The lowest BCUT2D eigenvalue weighted by atomic mass is 10.3. The number of halogens is 1. The zero-order chi connectivity index (χ0) is 13.1. The fraction of sp³-hybridized carbons (Fsp3) is 0.545. The van der Waals surface area contributed by atoms with Crippen molar-refractivity contribution in [2.45, 2.75) is 13.3 Å². The predicted octanol–water partition coefficient (Wildman–Crippen LogP) is 0.771. The van der Waals surface area contributed by atoms with Gasteiger partial charge in [0.05, 0.1) is 0 Å². The number of carbonyl (C=O) groups is 1. The minimum Gasteiger partial charge on any atom is -0.393 e. The van der Waals surface area contributed by atoms with Crippen LogP contribution < -0.4 is 10.6 Å². The van der Waals surface area contributed by atoms with E-state index in [0.717, 1.165) is 19.5 Å². The molecule has 1 aromatic heterocycles. The summed E-state index contributed by atoms with van der Waals surface area (Å²) in [6, 6.07) is 0. The van der Waals surface area contributed by atoms with Gasteiger partial charge in [-0.05, 0) is 6.42 Å². The summed E-state index contributed by atoms with van der Waals surface area (Å²) in [7, 11) is 0. The van der Waals surface area contributed by atoms with Gasteiger partial charge < -0.3 is 15.5 Å². The molecule has 0 bridgehead atoms. The summed E-state index contributed by atoms with van der Waals surface area (Å²) in [5.74, 6) is 0.756. The van der Waals surface area contributed by atoms with Gasteiger partial charge >= 0.3 is 0 Å². The van der Waals surface area contributed by atoms with Gasteiger partial charge in [0.15, 0.2) is 11.0 Å². The SMILES string of the molecule is CC(=O)N1CCCN(c2ncnc(Cl)c2N)CC1. The molecule has 1 aliphatic rings. The van der Waals surface area contributed by atoms with Gasteiger partial charge in [-0.1, -0.05) is 11.6 Å². The molecule has 0 aromatic carbocycles. The van der Waals surface area contributed by atoms with Gasteiger partial charge in [0.2, 0.25) is 5.91 Å². The average Bonchev–Trinajstić information content (AvgIpc) is 2.58. The Bertz CT molecular complexity index is 453. The van der Waals surface area contributed by atoms with Gasteiger partial charge in [-0.15, -0.1) is 0 Å². The first kappa shape index (κ1) is 12.9. The molecule has 18 heavy (non-hydrogen) atoms. The molecular weight excluding hydrogens is 254 g/mol. The van der Waals surface area contributed by atoms with Crippen LogP contribution >= 0.6 is 11.6 Å². The number of hydrogen-bond acceptors (Lipinski definition) is 5. The number of carbonyl (C=O) groups excluding carboxylic acids is 1. The van der Waals surface area contributed by atoms with Gasteiger partial charge in [-0.3, -0.25) is 4.79 Å². The van der Waals surface area contributed by atoms with Crippen molar-refractivity contribution in [3.05, 3.63) is 11.5 Å². The maximum Gasteiger partial charge on any atom is 0.219 e. The molecule has 7 heteroatoms. The second kappa shape index (κ2) is 5.39. The number of hydrogen-bond donors (Lipinski definition) is 1. The minimum absolute atomic E-state index is 0.102. The number of nitrogen functional groups attached to an aromatic ring is 1. The molecule has 2 N–H and O–H groups in total. The third kappa shape index (κ3) is 2.64. The molecule has 1 aromatic rings. The molecule has 1 aliphatic heterocycles. The van der Waals surface area contributed by atoms with E-state index >= 15 is 0 Å². The van der Waals surface area contributed by atoms with E-state index in [2.05, 4.69) is 9.97 Å². The molecule has 1 amide bonds. The van der Waals surface area contributed by atoms with Crippen LogP contribution in [-0.4, -0.2) is 47.0 Å². The van der Waals surface area contributed by atoms with Crippen molar-refractivity contribution in [2.75, 3.05) is 36.8 Å². The summed E-state index contributed by atoms with van der Waals surface area (Å²) >= 11 is 5.89. The van der Waals surface area contributed by atoms with Gasteiger partial charge in [-0.2, -0.15) is 0 Å². The summed E-state index contributed by atoms with van der Waals surface area (Å²) in [6.45, 7) is 4.55. The lowest BCUT2D eigenvalue weighted by Crippen LogP contribution is -2.34. The third-order valence-corrected chi connectivity index (χ3v) is 3.36. The fourth-order valence-corrected chi connectivity index (χ4v) is 2.19. The van der Waals surface area contributed by atoms with Crippen LogP contribution in [-0.2, 0) is 4.79 Å². The van der Waals surface area contributed by atoms with E-state index in [-0.39, 0.29) is 11.1 Å². The van der Waals surface area contributed by atoms with Crippen LogP contribution in [0.2, 0.25) is 5.15 Å². The van der Waals surface area contributed by atoms with Gasteiger partial charge in [0.1, 0.15) is 12.0 Å². The Kier molecular flexibility index (Phi) is 3.86. The Morgan fingerprint density at radius 2 is 2.11 bits per heavy atom. The molecule has 0 atom stereocenters. The number of rotatable bonds is 1. The number of nitrogens with two attached hydrogens (primary N) is 1. The van der Waals surface area contributed by atoms with Crippen LogP contribution in [0.15, 0.2) is 6.33 Å². The van der Waals surface area contributed by atoms with E-state index in [9.17, 15) is 4.79 Å². The number of aromatic nitrogens is 2. The van der Waals surface area contributed by atoms with Crippen LogP contribution in [0.25, 0.3) is 0 Å². The molecule has 2 rings (SSSR count). The van der Waals surface area contributed by atoms with Gasteiger partial charge in [-0.25, -0.2) is 9.97 Å². The van der Waals surface area contributed by atoms with Crippen LogP contribution in [0.3, 0.4) is 0 Å². The molecule has 0 spiro atoms. The summed E-state index contributed by atoms with van der Waals surface area (Å²) in [5.41, 5.74) is 6.28. The van der Waals surface area contributed by atoms with Crippen molar-refractivity contribution in [2.24, 2.45) is 0 Å². The van der Waals surface area contributed by atoms with Crippen molar-refractivity contribution in [3.63, 3.8) is 0 Å². The van der Waals surface area contributed by atoms with Crippen molar-refractivity contribution < 1.29 is 4.79 Å². The molecule has 6 nitrogen and oxygen atoms in total. The van der Waals surface area contributed by atoms with E-state index in [0.29, 0.717) is 24.6 Å². The first-order valence-corrected chi connectivity index (χ1v) is 6.24. The molecule has 2 heterocycles. The Labute approximate surface area is 111 Å². The largest absolute Gasteiger partial charge is 0.393 e. The van der Waals surface area contributed by atoms with E-state index in [1.165, 1.54) is 6.33 Å². The van der Waals surface area contributed by atoms with Crippen LogP contribution in [0.5, 0.6) is 0 Å². The molecule has 0 saturated carbocycles. The third-order valence-electron chi connectivity index (χ3n) is 3.06. The lowest BCUT2D eigenvalue weighted by molar-refractivity contribution is -0.128. The summed E-state index contributed by atoms with van der Waals surface area (Å²) in [5, 5.41) is 0.271. The smallest absolute Gasteiger partial charge is 0.219 e. The topological polar surface area (TPSA) is 75.4 Å². The highest BCUT2D eigenvalue weighted by Gasteiger charge is 2.19. The quantitative estimate of drug-likeness (QED) is 0.762. The number of amides is 1. The van der Waals surface area contributed by atoms with Crippen molar-refractivity contribution in [3.8, 4) is 0 Å². The Hall–Kier alpha value is -1.56. The first-order valence-electron chi connectivity index (χ1n) is 5.86. The molecule has 98 valence electrons. The van der Waals surface area contributed by atoms with Crippen molar-refractivity contribution in [1.82, 2.24) is 14.9 Å². The Balaban J connectivity index is 2.15. The van der Waals surface area contributed by atoms with E-state index in [4.69, 9.17) is 17.3 Å². The summed E-state index contributed by atoms with van der Waals surface area (Å²) in [6.07, 6.45) is 2.29. The molecule has 0 aliphatic carbocycles. The first-order chi connectivity index (χ1) is 8.59. The monoisotopic (exact) mass is 269 g/mol. The van der Waals surface area contributed by atoms with Gasteiger partial charge in [0, 0.05) is 33.1 Å².